The van der Waals surface area contributed by atoms with E-state index in [0.717, 1.165) is 6.04 Å². The van der Waals surface area contributed by atoms with Crippen LogP contribution in [0.1, 0.15) is 63.2 Å². The lowest BCUT2D eigenvalue weighted by molar-refractivity contribution is 0.449. The Morgan fingerprint density at radius 2 is 1.89 bits per heavy atom. The van der Waals surface area contributed by atoms with Gasteiger partial charge in [-0.2, -0.15) is 0 Å². The molecule has 1 heterocycles. The van der Waals surface area contributed by atoms with Gasteiger partial charge in [0.15, 0.2) is 0 Å². The summed E-state index contributed by atoms with van der Waals surface area (Å²) in [5.41, 5.74) is 0. The molecule has 0 aliphatic carbocycles. The second kappa shape index (κ2) is 10.6. The first-order chi connectivity index (χ1) is 8.86. The van der Waals surface area contributed by atoms with Crippen molar-refractivity contribution in [1.29, 1.82) is 0 Å². The van der Waals surface area contributed by atoms with E-state index in [1.165, 1.54) is 62.7 Å². The van der Waals surface area contributed by atoms with Crippen LogP contribution in [0.2, 0.25) is 0 Å². The van der Waals surface area contributed by atoms with Gasteiger partial charge in [-0.15, -0.1) is 11.3 Å². The Labute approximate surface area is 117 Å². The number of hydrogen-bond acceptors (Lipinski definition) is 2. The molecular weight excluding hydrogens is 238 g/mol. The van der Waals surface area contributed by atoms with Crippen molar-refractivity contribution in [2.45, 2.75) is 70.8 Å². The van der Waals surface area contributed by atoms with Crippen LogP contribution in [0.3, 0.4) is 0 Å². The van der Waals surface area contributed by atoms with E-state index < -0.39 is 0 Å². The Hall–Kier alpha value is -0.340. The maximum absolute atomic E-state index is 3.48. The van der Waals surface area contributed by atoms with Crippen molar-refractivity contribution in [1.82, 2.24) is 5.32 Å². The van der Waals surface area contributed by atoms with Crippen LogP contribution < -0.4 is 5.32 Å². The molecule has 0 fully saturated rings. The van der Waals surface area contributed by atoms with Gasteiger partial charge < -0.3 is 5.32 Å². The smallest absolute Gasteiger partial charge is 0.00641 e. The van der Waals surface area contributed by atoms with Crippen LogP contribution in [0, 0.1) is 0 Å². The standard InChI is InChI=1S/C16H29NS/c1-3-4-5-6-7-10-15(17-2)11-8-12-16-13-9-14-18-16/h9,13-15,17H,3-8,10-12H2,1-2H3. The molecule has 0 saturated carbocycles. The monoisotopic (exact) mass is 267 g/mol. The molecular formula is C16H29NS. The molecule has 0 bridgehead atoms. The van der Waals surface area contributed by atoms with E-state index >= 15 is 0 Å². The van der Waals surface area contributed by atoms with Gasteiger partial charge in [-0.25, -0.2) is 0 Å². The third kappa shape index (κ3) is 7.17. The summed E-state index contributed by atoms with van der Waals surface area (Å²) in [6, 6.07) is 5.14. The zero-order valence-electron chi connectivity index (χ0n) is 12.1. The molecule has 0 radical (unpaired) electrons. The summed E-state index contributed by atoms with van der Waals surface area (Å²) in [4.78, 5) is 1.53. The summed E-state index contributed by atoms with van der Waals surface area (Å²) >= 11 is 1.89. The Balaban J connectivity index is 2.02. The van der Waals surface area contributed by atoms with Crippen molar-refractivity contribution in [3.8, 4) is 0 Å². The average molecular weight is 267 g/mol. The van der Waals surface area contributed by atoms with Gasteiger partial charge in [-0.05, 0) is 44.2 Å². The normalized spacial score (nSPS) is 12.8. The van der Waals surface area contributed by atoms with Gasteiger partial charge in [0, 0.05) is 10.9 Å². The van der Waals surface area contributed by atoms with Crippen LogP contribution in [-0.2, 0) is 6.42 Å². The summed E-state index contributed by atoms with van der Waals surface area (Å²) in [6.07, 6.45) is 12.2. The molecule has 0 aliphatic rings. The predicted molar refractivity (Wildman–Crippen MR) is 83.5 cm³/mol. The minimum Gasteiger partial charge on any atom is -0.317 e. The summed E-state index contributed by atoms with van der Waals surface area (Å²) in [6.45, 7) is 2.28. The van der Waals surface area contributed by atoms with Gasteiger partial charge >= 0.3 is 0 Å². The minimum absolute atomic E-state index is 0.728. The molecule has 2 heteroatoms. The molecule has 0 amide bonds. The largest absolute Gasteiger partial charge is 0.317 e. The lowest BCUT2D eigenvalue weighted by Crippen LogP contribution is -2.25. The lowest BCUT2D eigenvalue weighted by atomic mass is 10.0. The Bertz CT molecular complexity index is 269. The van der Waals surface area contributed by atoms with Gasteiger partial charge in [0.2, 0.25) is 0 Å². The van der Waals surface area contributed by atoms with E-state index in [1.54, 1.807) is 0 Å². The first kappa shape index (κ1) is 15.7. The van der Waals surface area contributed by atoms with E-state index in [9.17, 15) is 0 Å². The zero-order valence-corrected chi connectivity index (χ0v) is 12.9. The van der Waals surface area contributed by atoms with Crippen LogP contribution in [0.25, 0.3) is 0 Å². The van der Waals surface area contributed by atoms with Crippen LogP contribution >= 0.6 is 11.3 Å². The Kier molecular flexibility index (Phi) is 9.23. The molecule has 0 spiro atoms. The molecule has 104 valence electrons. The number of thiophene rings is 1. The zero-order chi connectivity index (χ0) is 13.1. The van der Waals surface area contributed by atoms with Gasteiger partial charge in [0.25, 0.3) is 0 Å². The molecule has 1 nitrogen and oxygen atoms in total. The maximum Gasteiger partial charge on any atom is 0.00641 e. The van der Waals surface area contributed by atoms with E-state index in [1.807, 2.05) is 11.3 Å². The van der Waals surface area contributed by atoms with Crippen LogP contribution in [0.15, 0.2) is 17.5 Å². The molecule has 18 heavy (non-hydrogen) atoms. The SMILES string of the molecule is CCCCCCCC(CCCc1cccs1)NC. The summed E-state index contributed by atoms with van der Waals surface area (Å²) in [5, 5.41) is 5.66. The van der Waals surface area contributed by atoms with E-state index in [2.05, 4.69) is 36.8 Å². The average Bonchev–Trinajstić information content (AvgIpc) is 2.89. The van der Waals surface area contributed by atoms with Gasteiger partial charge in [0.1, 0.15) is 0 Å². The summed E-state index contributed by atoms with van der Waals surface area (Å²) < 4.78 is 0. The van der Waals surface area contributed by atoms with Crippen molar-refractivity contribution in [2.75, 3.05) is 7.05 Å². The molecule has 1 N–H and O–H groups in total. The van der Waals surface area contributed by atoms with Crippen molar-refractivity contribution >= 4 is 11.3 Å². The predicted octanol–water partition coefficient (Wildman–Crippen LogP) is 5.02. The molecule has 1 atom stereocenters. The Morgan fingerprint density at radius 1 is 1.11 bits per heavy atom. The highest BCUT2D eigenvalue weighted by atomic mass is 32.1. The highest BCUT2D eigenvalue weighted by Gasteiger charge is 2.05. The second-order valence-corrected chi connectivity index (χ2v) is 6.19. The van der Waals surface area contributed by atoms with Crippen LogP contribution in [-0.4, -0.2) is 13.1 Å². The van der Waals surface area contributed by atoms with Gasteiger partial charge in [-0.3, -0.25) is 0 Å². The fourth-order valence-corrected chi connectivity index (χ4v) is 3.16. The molecule has 0 aromatic carbocycles. The number of unbranched alkanes of at least 4 members (excludes halogenated alkanes) is 4. The fourth-order valence-electron chi connectivity index (χ4n) is 2.40. The fraction of sp³-hybridized carbons (Fsp3) is 0.750. The second-order valence-electron chi connectivity index (χ2n) is 5.16. The minimum atomic E-state index is 0.728. The van der Waals surface area contributed by atoms with E-state index in [4.69, 9.17) is 0 Å². The third-order valence-electron chi connectivity index (χ3n) is 3.62. The third-order valence-corrected chi connectivity index (χ3v) is 4.56. The number of nitrogens with one attached hydrogen (secondary N) is 1. The molecule has 1 unspecified atom stereocenters. The maximum atomic E-state index is 3.48. The highest BCUT2D eigenvalue weighted by Crippen LogP contribution is 2.15. The highest BCUT2D eigenvalue weighted by molar-refractivity contribution is 7.09. The number of rotatable bonds is 11. The number of aryl methyl sites for hydroxylation is 1. The van der Waals surface area contributed by atoms with Crippen molar-refractivity contribution in [3.05, 3.63) is 22.4 Å². The summed E-state index contributed by atoms with van der Waals surface area (Å²) in [7, 11) is 2.11. The molecule has 1 rings (SSSR count). The van der Waals surface area contributed by atoms with E-state index in [-0.39, 0.29) is 0 Å². The lowest BCUT2D eigenvalue weighted by Gasteiger charge is -2.15. The first-order valence-corrected chi connectivity index (χ1v) is 8.44. The number of hydrogen-bond donors (Lipinski definition) is 1. The van der Waals surface area contributed by atoms with Crippen molar-refractivity contribution in [2.24, 2.45) is 0 Å². The van der Waals surface area contributed by atoms with Crippen molar-refractivity contribution in [3.63, 3.8) is 0 Å². The van der Waals surface area contributed by atoms with Gasteiger partial charge in [-0.1, -0.05) is 45.1 Å². The molecule has 1 aromatic rings. The molecule has 0 saturated heterocycles. The van der Waals surface area contributed by atoms with Gasteiger partial charge in [0.05, 0.1) is 0 Å². The Morgan fingerprint density at radius 3 is 2.56 bits per heavy atom. The van der Waals surface area contributed by atoms with E-state index in [0.29, 0.717) is 0 Å². The quantitative estimate of drug-likeness (QED) is 0.555. The molecule has 1 aromatic heterocycles. The van der Waals surface area contributed by atoms with Crippen LogP contribution in [0.4, 0.5) is 0 Å². The topological polar surface area (TPSA) is 12.0 Å². The molecule has 0 aliphatic heterocycles. The first-order valence-electron chi connectivity index (χ1n) is 7.56. The van der Waals surface area contributed by atoms with Crippen LogP contribution in [0.5, 0.6) is 0 Å². The van der Waals surface area contributed by atoms with Crippen molar-refractivity contribution < 1.29 is 0 Å². The summed E-state index contributed by atoms with van der Waals surface area (Å²) in [5.74, 6) is 0.